The van der Waals surface area contributed by atoms with Crippen LogP contribution in [0.25, 0.3) is 0 Å². The van der Waals surface area contributed by atoms with E-state index in [2.05, 4.69) is 10.3 Å². The van der Waals surface area contributed by atoms with Gasteiger partial charge in [0.1, 0.15) is 0 Å². The van der Waals surface area contributed by atoms with Crippen LogP contribution >= 0.6 is 0 Å². The number of nitrogens with one attached hydrogen (secondary N) is 1. The Morgan fingerprint density at radius 3 is 1.49 bits per heavy atom. The van der Waals surface area contributed by atoms with Crippen LogP contribution in [-0.2, 0) is 21.6 Å². The van der Waals surface area contributed by atoms with E-state index in [-0.39, 0.29) is 0 Å². The van der Waals surface area contributed by atoms with Crippen LogP contribution in [0.1, 0.15) is 11.1 Å². The van der Waals surface area contributed by atoms with Gasteiger partial charge < -0.3 is 5.32 Å². The highest BCUT2D eigenvalue weighted by molar-refractivity contribution is 7.85. The Morgan fingerprint density at radius 2 is 1.00 bits per heavy atom. The zero-order valence-electron chi connectivity index (χ0n) is 20.7. The summed E-state index contributed by atoms with van der Waals surface area (Å²) in [5.41, 5.74) is 3.99. The number of nitrogens with zero attached hydrogens (tertiary/aromatic N) is 1. The van der Waals surface area contributed by atoms with E-state index >= 15 is 0 Å². The van der Waals surface area contributed by atoms with Crippen molar-refractivity contribution in [1.29, 1.82) is 0 Å². The largest absolute Gasteiger partial charge is 0.362 e. The molecule has 0 aromatic heterocycles. The Labute approximate surface area is 223 Å². The Morgan fingerprint density at radius 1 is 0.568 bits per heavy atom. The lowest BCUT2D eigenvalue weighted by molar-refractivity contribution is 0.682. The van der Waals surface area contributed by atoms with Gasteiger partial charge in [0.05, 0.1) is 27.3 Å². The minimum Gasteiger partial charge on any atom is -0.362 e. The maximum absolute atomic E-state index is 12.7. The molecule has 2 atom stereocenters. The molecule has 186 valence electrons. The molecule has 4 rings (SSSR count). The topological polar surface area (TPSA) is 58.5 Å². The minimum absolute atomic E-state index is 0.752. The van der Waals surface area contributed by atoms with Crippen molar-refractivity contribution in [3.8, 4) is 0 Å². The number of hydrogen-bond donors (Lipinski definition) is 1. The second-order valence-corrected chi connectivity index (χ2v) is 11.3. The fraction of sp³-hybridized carbons (Fsp3) is 0.0645. The minimum atomic E-state index is -1.20. The maximum atomic E-state index is 12.7. The highest BCUT2D eigenvalue weighted by Crippen LogP contribution is 2.21. The Hall–Kier alpha value is -3.87. The molecule has 0 aliphatic rings. The SMILES string of the molecule is Cc1ccc([S@](=O)c2ccc(N=C/C=C/C=C/Nc3ccc([S@@](=O)c4ccc(C)cc4)cc3)cc2)cc1. The first kappa shape index (κ1) is 26.2. The van der Waals surface area contributed by atoms with Gasteiger partial charge in [-0.25, -0.2) is 8.42 Å². The Balaban J connectivity index is 1.25. The first-order valence-corrected chi connectivity index (χ1v) is 14.1. The van der Waals surface area contributed by atoms with E-state index in [9.17, 15) is 8.42 Å². The van der Waals surface area contributed by atoms with Gasteiger partial charge in [-0.05, 0) is 98.8 Å². The third kappa shape index (κ3) is 7.56. The van der Waals surface area contributed by atoms with Crippen molar-refractivity contribution in [3.05, 3.63) is 133 Å². The second-order valence-electron chi connectivity index (χ2n) is 8.35. The fourth-order valence-electron chi connectivity index (χ4n) is 3.37. The smallest absolute Gasteiger partial charge is 0.0849 e. The molecule has 0 aliphatic carbocycles. The lowest BCUT2D eigenvalue weighted by Gasteiger charge is -2.05. The van der Waals surface area contributed by atoms with Crippen LogP contribution in [0.3, 0.4) is 0 Å². The molecule has 1 N–H and O–H groups in total. The number of aryl methyl sites for hydroxylation is 2. The Kier molecular flexibility index (Phi) is 9.13. The van der Waals surface area contributed by atoms with Gasteiger partial charge in [0.25, 0.3) is 0 Å². The summed E-state index contributed by atoms with van der Waals surface area (Å²) in [6.45, 7) is 4.03. The third-order valence-corrected chi connectivity index (χ3v) is 8.27. The zero-order valence-corrected chi connectivity index (χ0v) is 22.3. The average molecular weight is 525 g/mol. The quantitative estimate of drug-likeness (QED) is 0.182. The molecular weight excluding hydrogens is 496 g/mol. The summed E-state index contributed by atoms with van der Waals surface area (Å²) in [5, 5.41) is 3.20. The van der Waals surface area contributed by atoms with Gasteiger partial charge >= 0.3 is 0 Å². The molecule has 4 aromatic carbocycles. The predicted octanol–water partition coefficient (Wildman–Crippen LogP) is 7.52. The lowest BCUT2D eigenvalue weighted by atomic mass is 10.2. The van der Waals surface area contributed by atoms with Gasteiger partial charge in [-0.3, -0.25) is 4.99 Å². The molecule has 0 spiro atoms. The first-order chi connectivity index (χ1) is 18.0. The fourth-order valence-corrected chi connectivity index (χ4v) is 5.45. The number of anilines is 1. The number of rotatable bonds is 9. The summed E-state index contributed by atoms with van der Waals surface area (Å²) in [4.78, 5) is 7.52. The molecule has 4 nitrogen and oxygen atoms in total. The molecule has 0 aliphatic heterocycles. The van der Waals surface area contributed by atoms with E-state index in [1.165, 1.54) is 0 Å². The number of hydrogen-bond acceptors (Lipinski definition) is 4. The molecule has 0 radical (unpaired) electrons. The summed E-state index contributed by atoms with van der Waals surface area (Å²) in [7, 11) is -2.39. The van der Waals surface area contributed by atoms with Gasteiger partial charge in [-0.2, -0.15) is 0 Å². The Bertz CT molecular complexity index is 1450. The summed E-state index contributed by atoms with van der Waals surface area (Å²) >= 11 is 0. The van der Waals surface area contributed by atoms with Gasteiger partial charge in [0.15, 0.2) is 0 Å². The molecule has 6 heteroatoms. The molecule has 0 bridgehead atoms. The molecule has 0 unspecified atom stereocenters. The summed E-state index contributed by atoms with van der Waals surface area (Å²) < 4.78 is 25.4. The van der Waals surface area contributed by atoms with Crippen molar-refractivity contribution in [2.45, 2.75) is 33.4 Å². The molecule has 37 heavy (non-hydrogen) atoms. The van der Waals surface area contributed by atoms with Crippen LogP contribution < -0.4 is 5.32 Å². The van der Waals surface area contributed by atoms with Crippen molar-refractivity contribution >= 4 is 39.2 Å². The highest BCUT2D eigenvalue weighted by atomic mass is 32.2. The molecule has 4 aromatic rings. The maximum Gasteiger partial charge on any atom is 0.0849 e. The molecule has 0 saturated heterocycles. The van der Waals surface area contributed by atoms with E-state index in [4.69, 9.17) is 0 Å². The monoisotopic (exact) mass is 524 g/mol. The molecule has 0 amide bonds. The van der Waals surface area contributed by atoms with E-state index < -0.39 is 21.6 Å². The normalized spacial score (nSPS) is 13.4. The lowest BCUT2D eigenvalue weighted by Crippen LogP contribution is -1.94. The number of aliphatic imine (C=N–C) groups is 1. The van der Waals surface area contributed by atoms with Gasteiger partial charge in [0, 0.05) is 37.7 Å². The summed E-state index contributed by atoms with van der Waals surface area (Å²) in [6.07, 6.45) is 9.12. The molecule has 0 fully saturated rings. The van der Waals surface area contributed by atoms with E-state index in [1.807, 2.05) is 135 Å². The molecular formula is C31H28N2O2S2. The van der Waals surface area contributed by atoms with Crippen molar-refractivity contribution in [3.63, 3.8) is 0 Å². The average Bonchev–Trinajstić information content (AvgIpc) is 2.93. The summed E-state index contributed by atoms with van der Waals surface area (Å²) in [5.74, 6) is 0. The standard InChI is InChI=1S/C31H28N2O2S2/c1-24-6-14-28(15-7-24)36(34)30-18-10-26(11-19-30)32-22-4-3-5-23-33-27-12-20-31(21-13-27)37(35)29-16-8-25(2)9-17-29/h3-23,32H,1-2H3/b5-3+,22-4+,33-23?/t36-,37-/m0/s1. The van der Waals surface area contributed by atoms with Crippen LogP contribution in [-0.4, -0.2) is 14.6 Å². The zero-order chi connectivity index (χ0) is 26.0. The molecule has 0 heterocycles. The van der Waals surface area contributed by atoms with E-state index in [1.54, 1.807) is 6.21 Å². The van der Waals surface area contributed by atoms with Crippen LogP contribution in [0.2, 0.25) is 0 Å². The third-order valence-electron chi connectivity index (χ3n) is 5.47. The number of allylic oxidation sites excluding steroid dienone is 3. The molecule has 0 saturated carbocycles. The van der Waals surface area contributed by atoms with Crippen molar-refractivity contribution < 1.29 is 8.42 Å². The van der Waals surface area contributed by atoms with Crippen molar-refractivity contribution in [2.75, 3.05) is 5.32 Å². The second kappa shape index (κ2) is 12.9. The van der Waals surface area contributed by atoms with Crippen LogP contribution in [0.15, 0.2) is 146 Å². The van der Waals surface area contributed by atoms with Crippen LogP contribution in [0.5, 0.6) is 0 Å². The predicted molar refractivity (Wildman–Crippen MR) is 155 cm³/mol. The van der Waals surface area contributed by atoms with Gasteiger partial charge in [0.2, 0.25) is 0 Å². The number of benzene rings is 4. The highest BCUT2D eigenvalue weighted by Gasteiger charge is 2.07. The van der Waals surface area contributed by atoms with Gasteiger partial charge in [-0.15, -0.1) is 0 Å². The summed E-state index contributed by atoms with van der Waals surface area (Å²) in [6, 6.07) is 30.4. The van der Waals surface area contributed by atoms with Crippen molar-refractivity contribution in [1.82, 2.24) is 0 Å². The van der Waals surface area contributed by atoms with Gasteiger partial charge in [-0.1, -0.05) is 41.5 Å². The van der Waals surface area contributed by atoms with Crippen molar-refractivity contribution in [2.24, 2.45) is 4.99 Å². The van der Waals surface area contributed by atoms with E-state index in [0.717, 1.165) is 42.1 Å². The van der Waals surface area contributed by atoms with Crippen LogP contribution in [0.4, 0.5) is 11.4 Å². The first-order valence-electron chi connectivity index (χ1n) is 11.8. The van der Waals surface area contributed by atoms with Crippen LogP contribution in [0, 0.1) is 13.8 Å². The van der Waals surface area contributed by atoms with E-state index in [0.29, 0.717) is 0 Å².